The molecular weight excluding hydrogens is 209 g/mol. The zero-order valence-corrected chi connectivity index (χ0v) is 7.09. The SMILES string of the molecule is CC(Br)=CCCC(F)(F)F. The molecule has 0 aromatic heterocycles. The van der Waals surface area contributed by atoms with Crippen LogP contribution in [0.25, 0.3) is 0 Å². The van der Waals surface area contributed by atoms with Gasteiger partial charge in [0.15, 0.2) is 0 Å². The molecule has 0 saturated carbocycles. The third-order valence-corrected chi connectivity index (χ3v) is 1.18. The largest absolute Gasteiger partial charge is 0.389 e. The molecule has 0 nitrogen and oxygen atoms in total. The summed E-state index contributed by atoms with van der Waals surface area (Å²) in [5.41, 5.74) is 0. The van der Waals surface area contributed by atoms with Gasteiger partial charge in [-0.2, -0.15) is 13.2 Å². The van der Waals surface area contributed by atoms with Gasteiger partial charge in [-0.25, -0.2) is 0 Å². The minimum absolute atomic E-state index is 0.0561. The van der Waals surface area contributed by atoms with Gasteiger partial charge in [-0.15, -0.1) is 0 Å². The lowest BCUT2D eigenvalue weighted by atomic mass is 10.3. The van der Waals surface area contributed by atoms with Crippen LogP contribution in [0.4, 0.5) is 13.2 Å². The summed E-state index contributed by atoms with van der Waals surface area (Å²) in [4.78, 5) is 0. The third kappa shape index (κ3) is 8.01. The molecule has 0 N–H and O–H groups in total. The second kappa shape index (κ2) is 4.01. The van der Waals surface area contributed by atoms with Gasteiger partial charge in [-0.05, 0) is 17.8 Å². The van der Waals surface area contributed by atoms with Crippen molar-refractivity contribution in [3.63, 3.8) is 0 Å². The molecule has 0 aliphatic carbocycles. The predicted molar refractivity (Wildman–Crippen MR) is 38.0 cm³/mol. The number of rotatable bonds is 2. The molecule has 0 aromatic rings. The molecule has 0 spiro atoms. The molecule has 0 amide bonds. The normalized spacial score (nSPS) is 13.9. The summed E-state index contributed by atoms with van der Waals surface area (Å²) >= 11 is 3.04. The van der Waals surface area contributed by atoms with Gasteiger partial charge in [-0.3, -0.25) is 0 Å². The van der Waals surface area contributed by atoms with Crippen molar-refractivity contribution in [1.82, 2.24) is 0 Å². The monoisotopic (exact) mass is 216 g/mol. The molecule has 0 aliphatic heterocycles. The summed E-state index contributed by atoms with van der Waals surface area (Å²) in [7, 11) is 0. The Labute approximate surface area is 66.2 Å². The van der Waals surface area contributed by atoms with E-state index >= 15 is 0 Å². The molecule has 0 heterocycles. The maximum atomic E-state index is 11.5. The van der Waals surface area contributed by atoms with Crippen LogP contribution in [0.5, 0.6) is 0 Å². The van der Waals surface area contributed by atoms with Gasteiger partial charge < -0.3 is 0 Å². The Morgan fingerprint density at radius 3 is 2.30 bits per heavy atom. The van der Waals surface area contributed by atoms with Gasteiger partial charge >= 0.3 is 6.18 Å². The lowest BCUT2D eigenvalue weighted by Gasteiger charge is -2.01. The van der Waals surface area contributed by atoms with E-state index in [0.29, 0.717) is 0 Å². The summed E-state index contributed by atoms with van der Waals surface area (Å²) in [6.07, 6.45) is -3.21. The first-order chi connectivity index (χ1) is 4.42. The van der Waals surface area contributed by atoms with Crippen molar-refractivity contribution >= 4 is 15.9 Å². The van der Waals surface area contributed by atoms with Crippen LogP contribution in [0.3, 0.4) is 0 Å². The second-order valence-electron chi connectivity index (χ2n) is 1.94. The maximum absolute atomic E-state index is 11.5. The van der Waals surface area contributed by atoms with Crippen molar-refractivity contribution in [3.05, 3.63) is 10.6 Å². The highest BCUT2D eigenvalue weighted by atomic mass is 79.9. The molecule has 0 aromatic carbocycles. The van der Waals surface area contributed by atoms with Crippen LogP contribution in [0.15, 0.2) is 10.6 Å². The van der Waals surface area contributed by atoms with Crippen molar-refractivity contribution in [2.75, 3.05) is 0 Å². The average Bonchev–Trinajstić information content (AvgIpc) is 1.59. The summed E-state index contributed by atoms with van der Waals surface area (Å²) < 4.78 is 35.1. The number of hydrogen-bond acceptors (Lipinski definition) is 0. The first-order valence-corrected chi connectivity index (χ1v) is 3.60. The molecule has 0 bridgehead atoms. The zero-order chi connectivity index (χ0) is 8.20. The van der Waals surface area contributed by atoms with E-state index < -0.39 is 12.6 Å². The minimum atomic E-state index is -4.03. The average molecular weight is 217 g/mol. The highest BCUT2D eigenvalue weighted by molar-refractivity contribution is 9.11. The van der Waals surface area contributed by atoms with Crippen molar-refractivity contribution in [3.8, 4) is 0 Å². The van der Waals surface area contributed by atoms with Crippen LogP contribution in [-0.2, 0) is 0 Å². The van der Waals surface area contributed by atoms with E-state index in [1.807, 2.05) is 0 Å². The van der Waals surface area contributed by atoms with Crippen LogP contribution in [0, 0.1) is 0 Å². The Morgan fingerprint density at radius 2 is 2.00 bits per heavy atom. The van der Waals surface area contributed by atoms with Crippen molar-refractivity contribution in [2.45, 2.75) is 25.9 Å². The first-order valence-electron chi connectivity index (χ1n) is 2.81. The Bertz CT molecular complexity index is 121. The molecule has 0 rings (SSSR count). The predicted octanol–water partition coefficient (Wildman–Crippen LogP) is 3.63. The smallest absolute Gasteiger partial charge is 0.171 e. The van der Waals surface area contributed by atoms with E-state index in [2.05, 4.69) is 15.9 Å². The van der Waals surface area contributed by atoms with E-state index in [9.17, 15) is 13.2 Å². The summed E-state index contributed by atoms with van der Waals surface area (Å²) in [5.74, 6) is 0. The van der Waals surface area contributed by atoms with E-state index in [-0.39, 0.29) is 6.42 Å². The quantitative estimate of drug-likeness (QED) is 0.662. The fourth-order valence-electron chi connectivity index (χ4n) is 0.435. The van der Waals surface area contributed by atoms with E-state index in [1.54, 1.807) is 6.92 Å². The summed E-state index contributed by atoms with van der Waals surface area (Å²) in [5, 5.41) is 0. The zero-order valence-electron chi connectivity index (χ0n) is 5.50. The number of alkyl halides is 3. The fraction of sp³-hybridized carbons (Fsp3) is 0.667. The van der Waals surface area contributed by atoms with Gasteiger partial charge in [0.1, 0.15) is 0 Å². The molecular formula is C6H8BrF3. The molecule has 0 aliphatic rings. The van der Waals surface area contributed by atoms with E-state index in [0.717, 1.165) is 4.48 Å². The Kier molecular flexibility index (Phi) is 4.01. The maximum Gasteiger partial charge on any atom is 0.389 e. The number of hydrogen-bond donors (Lipinski definition) is 0. The Morgan fingerprint density at radius 1 is 1.50 bits per heavy atom. The molecule has 0 unspecified atom stereocenters. The highest BCUT2D eigenvalue weighted by Crippen LogP contribution is 2.22. The van der Waals surface area contributed by atoms with Crippen molar-refractivity contribution in [1.29, 1.82) is 0 Å². The van der Waals surface area contributed by atoms with Gasteiger partial charge in [-0.1, -0.05) is 22.0 Å². The van der Waals surface area contributed by atoms with Crippen LogP contribution in [0.2, 0.25) is 0 Å². The van der Waals surface area contributed by atoms with Crippen molar-refractivity contribution < 1.29 is 13.2 Å². The van der Waals surface area contributed by atoms with Gasteiger partial charge in [0.05, 0.1) is 0 Å². The number of halogens is 4. The van der Waals surface area contributed by atoms with E-state index in [1.165, 1.54) is 6.08 Å². The van der Waals surface area contributed by atoms with E-state index in [4.69, 9.17) is 0 Å². The molecule has 60 valence electrons. The van der Waals surface area contributed by atoms with Gasteiger partial charge in [0.2, 0.25) is 0 Å². The molecule has 0 fully saturated rings. The first kappa shape index (κ1) is 10.0. The van der Waals surface area contributed by atoms with Gasteiger partial charge in [0.25, 0.3) is 0 Å². The summed E-state index contributed by atoms with van der Waals surface area (Å²) in [6.45, 7) is 1.70. The van der Waals surface area contributed by atoms with Crippen LogP contribution in [0.1, 0.15) is 19.8 Å². The molecule has 0 radical (unpaired) electrons. The Balaban J connectivity index is 3.47. The lowest BCUT2D eigenvalue weighted by Crippen LogP contribution is -2.05. The molecule has 0 saturated heterocycles. The van der Waals surface area contributed by atoms with Crippen LogP contribution >= 0.6 is 15.9 Å². The number of allylic oxidation sites excluding steroid dienone is 2. The topological polar surface area (TPSA) is 0 Å². The molecule has 0 atom stereocenters. The van der Waals surface area contributed by atoms with Gasteiger partial charge in [0, 0.05) is 6.42 Å². The third-order valence-electron chi connectivity index (χ3n) is 0.853. The molecule has 4 heteroatoms. The second-order valence-corrected chi connectivity index (χ2v) is 3.20. The highest BCUT2D eigenvalue weighted by Gasteiger charge is 2.25. The standard InChI is InChI=1S/C6H8BrF3/c1-5(7)3-2-4-6(8,9)10/h3H,2,4H2,1H3. The Hall–Kier alpha value is 0.01000. The minimum Gasteiger partial charge on any atom is -0.171 e. The lowest BCUT2D eigenvalue weighted by molar-refractivity contribution is -0.133. The van der Waals surface area contributed by atoms with Crippen LogP contribution < -0.4 is 0 Å². The molecule has 10 heavy (non-hydrogen) atoms. The van der Waals surface area contributed by atoms with Crippen molar-refractivity contribution in [2.24, 2.45) is 0 Å². The summed E-state index contributed by atoms with van der Waals surface area (Å²) in [6, 6.07) is 0. The van der Waals surface area contributed by atoms with Crippen LogP contribution in [-0.4, -0.2) is 6.18 Å². The fourth-order valence-corrected chi connectivity index (χ4v) is 0.664.